The average Bonchev–Trinajstić information content (AvgIpc) is 2.80. The Kier molecular flexibility index (Phi) is 6.77. The Morgan fingerprint density at radius 3 is 2.48 bits per heavy atom. The molecule has 2 aliphatic rings. The topological polar surface area (TPSA) is 73.6 Å². The Hall–Kier alpha value is -2.58. The van der Waals surface area contributed by atoms with Crippen LogP contribution in [-0.2, 0) is 11.3 Å². The summed E-state index contributed by atoms with van der Waals surface area (Å²) in [5.74, 6) is 0.620. The van der Waals surface area contributed by atoms with E-state index in [2.05, 4.69) is 36.1 Å². The Morgan fingerprint density at radius 1 is 1.13 bits per heavy atom. The first-order valence-electron chi connectivity index (χ1n) is 11.6. The fraction of sp³-hybridized carbons (Fsp3) is 0.538. The molecule has 5 heteroatoms. The fourth-order valence-electron chi connectivity index (χ4n) is 5.09. The zero-order chi connectivity index (χ0) is 21.8. The van der Waals surface area contributed by atoms with Crippen molar-refractivity contribution in [2.24, 2.45) is 11.8 Å². The number of carboxylic acid groups (broad SMARTS) is 1. The van der Waals surface area contributed by atoms with Gasteiger partial charge in [-0.2, -0.15) is 5.26 Å². The molecule has 1 heterocycles. The lowest BCUT2D eigenvalue weighted by atomic mass is 9.86. The summed E-state index contributed by atoms with van der Waals surface area (Å²) in [5, 5.41) is 21.1. The second-order valence-corrected chi connectivity index (χ2v) is 9.16. The minimum absolute atomic E-state index is 0.200. The molecule has 4 rings (SSSR count). The number of fused-ring (bicyclic) bond motifs is 1. The van der Waals surface area contributed by atoms with E-state index in [-0.39, 0.29) is 12.0 Å². The number of aliphatic carboxylic acids is 1. The number of nitriles is 1. The van der Waals surface area contributed by atoms with Crippen LogP contribution in [0.4, 0.5) is 0 Å². The van der Waals surface area contributed by atoms with E-state index in [0.717, 1.165) is 54.7 Å². The lowest BCUT2D eigenvalue weighted by molar-refractivity contribution is -0.143. The summed E-state index contributed by atoms with van der Waals surface area (Å²) in [6.45, 7) is 4.63. The van der Waals surface area contributed by atoms with Crippen molar-refractivity contribution in [2.45, 2.75) is 64.5 Å². The van der Waals surface area contributed by atoms with Crippen molar-refractivity contribution in [3.05, 3.63) is 41.5 Å². The lowest BCUT2D eigenvalue weighted by Gasteiger charge is -2.30. The molecular weight excluding hydrogens is 388 g/mol. The summed E-state index contributed by atoms with van der Waals surface area (Å²) in [5.41, 5.74) is 1.78. The van der Waals surface area contributed by atoms with Gasteiger partial charge < -0.3 is 9.84 Å². The molecule has 164 valence electrons. The van der Waals surface area contributed by atoms with Crippen LogP contribution in [-0.4, -0.2) is 35.2 Å². The molecule has 2 aromatic rings. The van der Waals surface area contributed by atoms with Gasteiger partial charge in [-0.25, -0.2) is 0 Å². The van der Waals surface area contributed by atoms with Crippen LogP contribution < -0.4 is 4.74 Å². The SMILES string of the molecule is CCC1CCC(Oc2ccc3ccc(CN4CCC(C(=O)O)CC4)cc3c2C#N)CC1. The summed E-state index contributed by atoms with van der Waals surface area (Å²) >= 11 is 0. The Morgan fingerprint density at radius 2 is 1.84 bits per heavy atom. The molecule has 0 aromatic heterocycles. The molecule has 2 aromatic carbocycles. The minimum Gasteiger partial charge on any atom is -0.489 e. The first kappa shape index (κ1) is 21.6. The van der Waals surface area contributed by atoms with Crippen molar-refractivity contribution < 1.29 is 14.6 Å². The molecule has 31 heavy (non-hydrogen) atoms. The Balaban J connectivity index is 1.49. The maximum Gasteiger partial charge on any atom is 0.306 e. The summed E-state index contributed by atoms with van der Waals surface area (Å²) in [6, 6.07) is 12.7. The molecule has 1 aliphatic heterocycles. The van der Waals surface area contributed by atoms with Gasteiger partial charge in [-0.15, -0.1) is 0 Å². The van der Waals surface area contributed by atoms with Gasteiger partial charge in [0.1, 0.15) is 17.4 Å². The van der Waals surface area contributed by atoms with Gasteiger partial charge in [0, 0.05) is 11.9 Å². The summed E-state index contributed by atoms with van der Waals surface area (Å²) in [4.78, 5) is 13.5. The standard InChI is InChI=1S/C26H32N2O3/c1-2-18-4-8-22(9-5-18)31-25-10-7-20-6-3-19(15-23(20)24(25)16-27)17-28-13-11-21(12-14-28)26(29)30/h3,6-7,10,15,18,21-22H,2,4-5,8-9,11-14,17H2,1H3,(H,29,30). The molecule has 1 saturated carbocycles. The average molecular weight is 421 g/mol. The highest BCUT2D eigenvalue weighted by atomic mass is 16.5. The molecule has 0 atom stereocenters. The van der Waals surface area contributed by atoms with Crippen LogP contribution in [0.25, 0.3) is 10.8 Å². The van der Waals surface area contributed by atoms with Crippen molar-refractivity contribution in [3.8, 4) is 11.8 Å². The number of carboxylic acids is 1. The van der Waals surface area contributed by atoms with Crippen LogP contribution >= 0.6 is 0 Å². The molecule has 5 nitrogen and oxygen atoms in total. The van der Waals surface area contributed by atoms with Gasteiger partial charge in [0.15, 0.2) is 0 Å². The minimum atomic E-state index is -0.681. The normalized spacial score (nSPS) is 22.8. The van der Waals surface area contributed by atoms with Gasteiger partial charge >= 0.3 is 5.97 Å². The molecule has 1 N–H and O–H groups in total. The van der Waals surface area contributed by atoms with E-state index in [0.29, 0.717) is 24.2 Å². The number of rotatable bonds is 6. The number of hydrogen-bond acceptors (Lipinski definition) is 4. The van der Waals surface area contributed by atoms with Crippen molar-refractivity contribution >= 4 is 16.7 Å². The lowest BCUT2D eigenvalue weighted by Crippen LogP contribution is -2.35. The molecule has 1 saturated heterocycles. The third kappa shape index (κ3) is 5.02. The van der Waals surface area contributed by atoms with Gasteiger partial charge in [-0.1, -0.05) is 31.5 Å². The second-order valence-electron chi connectivity index (χ2n) is 9.16. The van der Waals surface area contributed by atoms with E-state index < -0.39 is 5.97 Å². The van der Waals surface area contributed by atoms with Gasteiger partial charge in [0.25, 0.3) is 0 Å². The zero-order valence-electron chi connectivity index (χ0n) is 18.3. The largest absolute Gasteiger partial charge is 0.489 e. The highest BCUT2D eigenvalue weighted by molar-refractivity contribution is 5.90. The third-order valence-electron chi connectivity index (χ3n) is 7.17. The highest BCUT2D eigenvalue weighted by Gasteiger charge is 2.25. The van der Waals surface area contributed by atoms with Crippen LogP contribution in [0.3, 0.4) is 0 Å². The van der Waals surface area contributed by atoms with Crippen molar-refractivity contribution in [1.82, 2.24) is 4.90 Å². The molecule has 0 amide bonds. The molecular formula is C26H32N2O3. The van der Waals surface area contributed by atoms with E-state index in [1.54, 1.807) is 0 Å². The van der Waals surface area contributed by atoms with E-state index in [9.17, 15) is 15.2 Å². The van der Waals surface area contributed by atoms with Gasteiger partial charge in [0.05, 0.1) is 12.0 Å². The monoisotopic (exact) mass is 420 g/mol. The Bertz CT molecular complexity index is 965. The Labute approximate surface area is 184 Å². The van der Waals surface area contributed by atoms with E-state index in [1.165, 1.54) is 19.3 Å². The number of piperidine rings is 1. The number of hydrogen-bond donors (Lipinski definition) is 1. The summed E-state index contributed by atoms with van der Waals surface area (Å²) in [6.07, 6.45) is 7.38. The van der Waals surface area contributed by atoms with Crippen LogP contribution in [0.15, 0.2) is 30.3 Å². The van der Waals surface area contributed by atoms with Gasteiger partial charge in [0.2, 0.25) is 0 Å². The van der Waals surface area contributed by atoms with Crippen LogP contribution in [0.5, 0.6) is 5.75 Å². The predicted molar refractivity (Wildman–Crippen MR) is 121 cm³/mol. The van der Waals surface area contributed by atoms with E-state index in [1.807, 2.05) is 12.1 Å². The maximum atomic E-state index is 11.2. The molecule has 0 unspecified atom stereocenters. The number of benzene rings is 2. The van der Waals surface area contributed by atoms with E-state index in [4.69, 9.17) is 4.74 Å². The number of nitrogens with zero attached hydrogens (tertiary/aromatic N) is 2. The maximum absolute atomic E-state index is 11.2. The number of likely N-dealkylation sites (tertiary alicyclic amines) is 1. The summed E-state index contributed by atoms with van der Waals surface area (Å²) in [7, 11) is 0. The van der Waals surface area contributed by atoms with Crippen molar-refractivity contribution in [1.29, 1.82) is 5.26 Å². The van der Waals surface area contributed by atoms with Gasteiger partial charge in [-0.3, -0.25) is 9.69 Å². The molecule has 1 aliphatic carbocycles. The quantitative estimate of drug-likeness (QED) is 0.681. The predicted octanol–water partition coefficient (Wildman–Crippen LogP) is 5.36. The van der Waals surface area contributed by atoms with Gasteiger partial charge in [-0.05, 0) is 80.6 Å². The smallest absolute Gasteiger partial charge is 0.306 e. The van der Waals surface area contributed by atoms with Crippen molar-refractivity contribution in [2.75, 3.05) is 13.1 Å². The third-order valence-corrected chi connectivity index (χ3v) is 7.17. The number of ether oxygens (including phenoxy) is 1. The molecule has 0 radical (unpaired) electrons. The fourth-order valence-corrected chi connectivity index (χ4v) is 5.09. The molecule has 2 fully saturated rings. The van der Waals surface area contributed by atoms with E-state index >= 15 is 0 Å². The first-order valence-corrected chi connectivity index (χ1v) is 11.6. The molecule has 0 bridgehead atoms. The van der Waals surface area contributed by atoms with Crippen LogP contribution in [0, 0.1) is 23.2 Å². The van der Waals surface area contributed by atoms with Crippen molar-refractivity contribution in [3.63, 3.8) is 0 Å². The van der Waals surface area contributed by atoms with Crippen LogP contribution in [0.2, 0.25) is 0 Å². The highest BCUT2D eigenvalue weighted by Crippen LogP contribution is 2.33. The summed E-state index contributed by atoms with van der Waals surface area (Å²) < 4.78 is 6.31. The number of carbonyl (C=O) groups is 1. The van der Waals surface area contributed by atoms with Crippen LogP contribution in [0.1, 0.15) is 63.0 Å². The second kappa shape index (κ2) is 9.70. The molecule has 0 spiro atoms. The first-order chi connectivity index (χ1) is 15.1. The zero-order valence-corrected chi connectivity index (χ0v) is 18.3.